The largest absolute Gasteiger partial charge is 0.367 e. The molecule has 3 nitrogen and oxygen atoms in total. The maximum absolute atomic E-state index is 4.63. The van der Waals surface area contributed by atoms with E-state index in [-0.39, 0.29) is 0 Å². The Bertz CT molecular complexity index is 549. The maximum atomic E-state index is 4.63. The van der Waals surface area contributed by atoms with Crippen LogP contribution in [0.5, 0.6) is 0 Å². The van der Waals surface area contributed by atoms with E-state index >= 15 is 0 Å². The highest BCUT2D eigenvalue weighted by Gasteiger charge is 2.08. The predicted octanol–water partition coefficient (Wildman–Crippen LogP) is 4.30. The van der Waals surface area contributed by atoms with Gasteiger partial charge in [0.15, 0.2) is 5.82 Å². The topological polar surface area (TPSA) is 37.8 Å². The minimum absolute atomic E-state index is 0.410. The van der Waals surface area contributed by atoms with Gasteiger partial charge in [0.05, 0.1) is 0 Å². The smallest absolute Gasteiger partial charge is 0.161 e. The monoisotopic (exact) mass is 269 g/mol. The number of hydrogen-bond acceptors (Lipinski definition) is 3. The lowest BCUT2D eigenvalue weighted by molar-refractivity contribution is 0.539. The van der Waals surface area contributed by atoms with Gasteiger partial charge in [-0.3, -0.25) is 0 Å². The SMILES string of the molecule is Cc1cc(NC(C)CC(C)C)nc(-c2ccccc2)n1. The van der Waals surface area contributed by atoms with Crippen LogP contribution in [0.15, 0.2) is 36.4 Å². The first-order valence-corrected chi connectivity index (χ1v) is 7.22. The molecular formula is C17H23N3. The normalized spacial score (nSPS) is 12.4. The number of rotatable bonds is 5. The molecule has 2 aromatic rings. The minimum atomic E-state index is 0.410. The predicted molar refractivity (Wildman–Crippen MR) is 84.7 cm³/mol. The molecule has 2 rings (SSSR count). The average molecular weight is 269 g/mol. The molecule has 0 fully saturated rings. The molecule has 0 saturated carbocycles. The first-order valence-electron chi connectivity index (χ1n) is 7.22. The number of aryl methyl sites for hydroxylation is 1. The van der Waals surface area contributed by atoms with E-state index in [1.165, 1.54) is 0 Å². The molecular weight excluding hydrogens is 246 g/mol. The van der Waals surface area contributed by atoms with Crippen LogP contribution in [0.25, 0.3) is 11.4 Å². The molecule has 0 bridgehead atoms. The Kier molecular flexibility index (Phi) is 4.72. The molecule has 0 radical (unpaired) electrons. The summed E-state index contributed by atoms with van der Waals surface area (Å²) in [6.07, 6.45) is 1.13. The standard InChI is InChI=1S/C17H23N3/c1-12(2)10-13(3)18-16-11-14(4)19-17(20-16)15-8-6-5-7-9-15/h5-9,11-13H,10H2,1-4H3,(H,18,19,20). The summed E-state index contributed by atoms with van der Waals surface area (Å²) in [6.45, 7) is 8.67. The van der Waals surface area contributed by atoms with E-state index in [2.05, 4.69) is 36.1 Å². The molecule has 1 N–H and O–H groups in total. The Labute approximate surface area is 121 Å². The minimum Gasteiger partial charge on any atom is -0.367 e. The van der Waals surface area contributed by atoms with Crippen molar-refractivity contribution in [3.05, 3.63) is 42.1 Å². The van der Waals surface area contributed by atoms with Crippen molar-refractivity contribution in [2.24, 2.45) is 5.92 Å². The highest BCUT2D eigenvalue weighted by molar-refractivity contribution is 5.57. The molecule has 0 aliphatic rings. The van der Waals surface area contributed by atoms with Crippen molar-refractivity contribution in [2.75, 3.05) is 5.32 Å². The summed E-state index contributed by atoms with van der Waals surface area (Å²) in [4.78, 5) is 9.15. The fourth-order valence-corrected chi connectivity index (χ4v) is 2.38. The zero-order valence-electron chi connectivity index (χ0n) is 12.7. The number of anilines is 1. The molecule has 0 aliphatic carbocycles. The third-order valence-corrected chi connectivity index (χ3v) is 3.11. The van der Waals surface area contributed by atoms with Crippen LogP contribution in [0.2, 0.25) is 0 Å². The lowest BCUT2D eigenvalue weighted by Gasteiger charge is -2.17. The number of nitrogens with zero attached hydrogens (tertiary/aromatic N) is 2. The second-order valence-electron chi connectivity index (χ2n) is 5.76. The molecule has 1 aromatic heterocycles. The number of hydrogen-bond donors (Lipinski definition) is 1. The Morgan fingerprint density at radius 3 is 2.40 bits per heavy atom. The van der Waals surface area contributed by atoms with Gasteiger partial charge in [-0.2, -0.15) is 0 Å². The summed E-state index contributed by atoms with van der Waals surface area (Å²) < 4.78 is 0. The van der Waals surface area contributed by atoms with Crippen molar-refractivity contribution in [2.45, 2.75) is 40.2 Å². The van der Waals surface area contributed by atoms with Crippen LogP contribution in [-0.2, 0) is 0 Å². The van der Waals surface area contributed by atoms with Gasteiger partial charge < -0.3 is 5.32 Å². The van der Waals surface area contributed by atoms with Gasteiger partial charge in [0.2, 0.25) is 0 Å². The third-order valence-electron chi connectivity index (χ3n) is 3.11. The summed E-state index contributed by atoms with van der Waals surface area (Å²) in [5.41, 5.74) is 2.04. The summed E-state index contributed by atoms with van der Waals surface area (Å²) in [7, 11) is 0. The zero-order chi connectivity index (χ0) is 14.5. The van der Waals surface area contributed by atoms with Crippen molar-refractivity contribution in [1.82, 2.24) is 9.97 Å². The molecule has 1 unspecified atom stereocenters. The van der Waals surface area contributed by atoms with E-state index in [4.69, 9.17) is 0 Å². The Morgan fingerprint density at radius 1 is 1.05 bits per heavy atom. The molecule has 3 heteroatoms. The third kappa shape index (κ3) is 4.05. The van der Waals surface area contributed by atoms with Crippen LogP contribution < -0.4 is 5.32 Å². The number of nitrogens with one attached hydrogen (secondary N) is 1. The lowest BCUT2D eigenvalue weighted by atomic mass is 10.1. The van der Waals surface area contributed by atoms with Crippen molar-refractivity contribution >= 4 is 5.82 Å². The van der Waals surface area contributed by atoms with Crippen LogP contribution in [0.1, 0.15) is 32.9 Å². The Morgan fingerprint density at radius 2 is 1.75 bits per heavy atom. The number of aromatic nitrogens is 2. The van der Waals surface area contributed by atoms with Crippen LogP contribution in [0.3, 0.4) is 0 Å². The lowest BCUT2D eigenvalue weighted by Crippen LogP contribution is -2.18. The molecule has 0 amide bonds. The molecule has 1 atom stereocenters. The molecule has 0 spiro atoms. The molecule has 1 heterocycles. The van der Waals surface area contributed by atoms with E-state index in [1.54, 1.807) is 0 Å². The van der Waals surface area contributed by atoms with Gasteiger partial charge >= 0.3 is 0 Å². The summed E-state index contributed by atoms with van der Waals surface area (Å²) in [5, 5.41) is 3.47. The van der Waals surface area contributed by atoms with Crippen LogP contribution in [0.4, 0.5) is 5.82 Å². The van der Waals surface area contributed by atoms with Crippen LogP contribution >= 0.6 is 0 Å². The average Bonchev–Trinajstić information content (AvgIpc) is 2.38. The summed E-state index contributed by atoms with van der Waals surface area (Å²) in [5.74, 6) is 2.36. The van der Waals surface area contributed by atoms with Gasteiger partial charge in [0, 0.05) is 23.4 Å². The quantitative estimate of drug-likeness (QED) is 0.879. The number of benzene rings is 1. The van der Waals surface area contributed by atoms with Gasteiger partial charge in [0.1, 0.15) is 5.82 Å². The van der Waals surface area contributed by atoms with E-state index in [0.717, 1.165) is 29.3 Å². The van der Waals surface area contributed by atoms with Crippen molar-refractivity contribution in [3.63, 3.8) is 0 Å². The second-order valence-corrected chi connectivity index (χ2v) is 5.76. The van der Waals surface area contributed by atoms with Gasteiger partial charge in [-0.25, -0.2) is 9.97 Å². The molecule has 1 aromatic carbocycles. The second kappa shape index (κ2) is 6.51. The van der Waals surface area contributed by atoms with Gasteiger partial charge in [0.25, 0.3) is 0 Å². The zero-order valence-corrected chi connectivity index (χ0v) is 12.7. The van der Waals surface area contributed by atoms with Gasteiger partial charge in [-0.15, -0.1) is 0 Å². The van der Waals surface area contributed by atoms with Crippen LogP contribution in [0, 0.1) is 12.8 Å². The highest BCUT2D eigenvalue weighted by atomic mass is 15.0. The first kappa shape index (κ1) is 14.5. The Hall–Kier alpha value is -1.90. The van der Waals surface area contributed by atoms with E-state index in [1.807, 2.05) is 43.3 Å². The first-order chi connectivity index (χ1) is 9.54. The molecule has 0 saturated heterocycles. The molecule has 0 aliphatic heterocycles. The van der Waals surface area contributed by atoms with Gasteiger partial charge in [-0.05, 0) is 26.2 Å². The molecule has 20 heavy (non-hydrogen) atoms. The summed E-state index contributed by atoms with van der Waals surface area (Å²) >= 11 is 0. The van der Waals surface area contributed by atoms with Gasteiger partial charge in [-0.1, -0.05) is 44.2 Å². The van der Waals surface area contributed by atoms with E-state index < -0.39 is 0 Å². The van der Waals surface area contributed by atoms with Crippen LogP contribution in [-0.4, -0.2) is 16.0 Å². The fourth-order valence-electron chi connectivity index (χ4n) is 2.38. The van der Waals surface area contributed by atoms with Crippen molar-refractivity contribution in [1.29, 1.82) is 0 Å². The maximum Gasteiger partial charge on any atom is 0.161 e. The highest BCUT2D eigenvalue weighted by Crippen LogP contribution is 2.18. The van der Waals surface area contributed by atoms with Crippen molar-refractivity contribution < 1.29 is 0 Å². The van der Waals surface area contributed by atoms with Crippen molar-refractivity contribution in [3.8, 4) is 11.4 Å². The van der Waals surface area contributed by atoms with E-state index in [0.29, 0.717) is 12.0 Å². The Balaban J connectivity index is 2.21. The molecule has 106 valence electrons. The summed E-state index contributed by atoms with van der Waals surface area (Å²) in [6, 6.07) is 12.5. The van der Waals surface area contributed by atoms with E-state index in [9.17, 15) is 0 Å². The fraction of sp³-hybridized carbons (Fsp3) is 0.412.